The van der Waals surface area contributed by atoms with E-state index in [1.54, 1.807) is 18.9 Å². The lowest BCUT2D eigenvalue weighted by Crippen LogP contribution is -2.28. The summed E-state index contributed by atoms with van der Waals surface area (Å²) in [5.74, 6) is 2.41. The number of carbonyl (C=O) groups excluding carboxylic acids is 1. The maximum absolute atomic E-state index is 12.2. The molecule has 0 heterocycles. The molecule has 2 rings (SSSR count). The lowest BCUT2D eigenvalue weighted by molar-refractivity contribution is 0.0944. The summed E-state index contributed by atoms with van der Waals surface area (Å²) in [4.78, 5) is 13.2. The van der Waals surface area contributed by atoms with E-state index in [1.165, 1.54) is 0 Å². The molecule has 0 fully saturated rings. The molecule has 0 aliphatic rings. The highest BCUT2D eigenvalue weighted by Gasteiger charge is 2.10. The van der Waals surface area contributed by atoms with Crippen LogP contribution in [0.1, 0.15) is 17.3 Å². The van der Waals surface area contributed by atoms with Crippen molar-refractivity contribution < 1.29 is 14.3 Å². The number of nitrogens with one attached hydrogen (secondary N) is 1. The van der Waals surface area contributed by atoms with Crippen molar-refractivity contribution in [3.8, 4) is 11.5 Å². The van der Waals surface area contributed by atoms with Gasteiger partial charge in [-0.3, -0.25) is 4.79 Å². The third-order valence-electron chi connectivity index (χ3n) is 3.15. The summed E-state index contributed by atoms with van der Waals surface area (Å²) in [5.41, 5.74) is 0.712. The fourth-order valence-corrected chi connectivity index (χ4v) is 2.84. The van der Waals surface area contributed by atoms with Gasteiger partial charge in [0.2, 0.25) is 0 Å². The van der Waals surface area contributed by atoms with Gasteiger partial charge >= 0.3 is 0 Å². The lowest BCUT2D eigenvalue weighted by Gasteiger charge is -2.10. The monoisotopic (exact) mass is 331 g/mol. The number of hydrogen-bond acceptors (Lipinski definition) is 4. The first-order valence-electron chi connectivity index (χ1n) is 7.51. The first-order valence-corrected chi connectivity index (χ1v) is 8.50. The summed E-state index contributed by atoms with van der Waals surface area (Å²) in [6.45, 7) is 2.94. The Morgan fingerprint density at radius 2 is 1.78 bits per heavy atom. The van der Waals surface area contributed by atoms with Crippen molar-refractivity contribution in [3.05, 3.63) is 54.1 Å². The Morgan fingerprint density at radius 1 is 1.09 bits per heavy atom. The second-order valence-electron chi connectivity index (χ2n) is 4.71. The molecular weight excluding hydrogens is 310 g/mol. The van der Waals surface area contributed by atoms with Crippen molar-refractivity contribution in [1.82, 2.24) is 5.32 Å². The molecule has 0 aliphatic heterocycles. The summed E-state index contributed by atoms with van der Waals surface area (Å²) in [5, 5.41) is 2.89. The minimum absolute atomic E-state index is 0.0696. The summed E-state index contributed by atoms with van der Waals surface area (Å²) in [7, 11) is 1.63. The van der Waals surface area contributed by atoms with Gasteiger partial charge in [0, 0.05) is 4.90 Å². The van der Waals surface area contributed by atoms with Crippen LogP contribution in [-0.4, -0.2) is 31.9 Å². The van der Waals surface area contributed by atoms with Crippen molar-refractivity contribution in [2.75, 3.05) is 26.0 Å². The van der Waals surface area contributed by atoms with Gasteiger partial charge in [0.15, 0.2) is 0 Å². The smallest absolute Gasteiger partial charge is 0.252 e. The van der Waals surface area contributed by atoms with Crippen molar-refractivity contribution in [2.45, 2.75) is 11.8 Å². The third-order valence-corrected chi connectivity index (χ3v) is 4.10. The quantitative estimate of drug-likeness (QED) is 0.593. The van der Waals surface area contributed by atoms with Gasteiger partial charge in [-0.25, -0.2) is 0 Å². The number of carbonyl (C=O) groups is 1. The topological polar surface area (TPSA) is 47.6 Å². The van der Waals surface area contributed by atoms with E-state index in [9.17, 15) is 4.79 Å². The fraction of sp³-hybridized carbons (Fsp3) is 0.278. The number of thioether (sulfide) groups is 1. The molecule has 0 spiro atoms. The van der Waals surface area contributed by atoms with E-state index >= 15 is 0 Å². The van der Waals surface area contributed by atoms with E-state index in [2.05, 4.69) is 12.2 Å². The van der Waals surface area contributed by atoms with Crippen LogP contribution in [-0.2, 0) is 0 Å². The van der Waals surface area contributed by atoms with E-state index in [4.69, 9.17) is 9.47 Å². The van der Waals surface area contributed by atoms with Crippen LogP contribution < -0.4 is 14.8 Å². The Balaban J connectivity index is 1.80. The number of ether oxygens (including phenoxy) is 2. The minimum atomic E-state index is -0.0696. The van der Waals surface area contributed by atoms with Gasteiger partial charge in [0.1, 0.15) is 18.1 Å². The number of rotatable bonds is 8. The van der Waals surface area contributed by atoms with Crippen LogP contribution in [0.25, 0.3) is 0 Å². The maximum atomic E-state index is 12.2. The Bertz CT molecular complexity index is 628. The molecule has 23 heavy (non-hydrogen) atoms. The molecule has 1 N–H and O–H groups in total. The van der Waals surface area contributed by atoms with Gasteiger partial charge in [-0.15, -0.1) is 11.8 Å². The third kappa shape index (κ3) is 5.21. The van der Waals surface area contributed by atoms with Crippen LogP contribution in [0.2, 0.25) is 0 Å². The van der Waals surface area contributed by atoms with Crippen molar-refractivity contribution in [2.24, 2.45) is 0 Å². The highest BCUT2D eigenvalue weighted by molar-refractivity contribution is 7.99. The van der Waals surface area contributed by atoms with Crippen LogP contribution >= 0.6 is 11.8 Å². The molecule has 0 bridgehead atoms. The molecule has 0 atom stereocenters. The normalized spacial score (nSPS) is 10.2. The average molecular weight is 331 g/mol. The number of amides is 1. The van der Waals surface area contributed by atoms with Crippen molar-refractivity contribution in [1.29, 1.82) is 0 Å². The number of hydrogen-bond donors (Lipinski definition) is 1. The molecule has 5 heteroatoms. The first-order chi connectivity index (χ1) is 11.2. The zero-order chi connectivity index (χ0) is 16.5. The SMILES string of the molecule is CCSc1ccccc1C(=O)NCCOc1ccc(OC)cc1. The number of methoxy groups -OCH3 is 1. The summed E-state index contributed by atoms with van der Waals surface area (Å²) in [6.07, 6.45) is 0. The van der Waals surface area contributed by atoms with E-state index in [-0.39, 0.29) is 5.91 Å². The van der Waals surface area contributed by atoms with Crippen LogP contribution in [0, 0.1) is 0 Å². The molecule has 0 unspecified atom stereocenters. The largest absolute Gasteiger partial charge is 0.497 e. The standard InChI is InChI=1S/C18H21NO3S/c1-3-23-17-7-5-4-6-16(17)18(20)19-12-13-22-15-10-8-14(21-2)9-11-15/h4-11H,3,12-13H2,1-2H3,(H,19,20). The highest BCUT2D eigenvalue weighted by atomic mass is 32.2. The molecule has 1 amide bonds. The molecule has 0 saturated carbocycles. The predicted molar refractivity (Wildman–Crippen MR) is 93.7 cm³/mol. The van der Waals surface area contributed by atoms with E-state index in [1.807, 2.05) is 48.5 Å². The van der Waals surface area contributed by atoms with Crippen LogP contribution in [0.3, 0.4) is 0 Å². The van der Waals surface area contributed by atoms with Gasteiger partial charge in [0.25, 0.3) is 5.91 Å². The second-order valence-corrected chi connectivity index (χ2v) is 6.01. The summed E-state index contributed by atoms with van der Waals surface area (Å²) in [6, 6.07) is 15.0. The van der Waals surface area contributed by atoms with E-state index in [0.29, 0.717) is 18.7 Å². The van der Waals surface area contributed by atoms with Gasteiger partial charge < -0.3 is 14.8 Å². The molecule has 0 aromatic heterocycles. The van der Waals surface area contributed by atoms with Crippen molar-refractivity contribution >= 4 is 17.7 Å². The summed E-state index contributed by atoms with van der Waals surface area (Å²) >= 11 is 1.67. The molecule has 2 aromatic rings. The predicted octanol–water partition coefficient (Wildman–Crippen LogP) is 3.62. The molecule has 0 aliphatic carbocycles. The molecule has 4 nitrogen and oxygen atoms in total. The maximum Gasteiger partial charge on any atom is 0.252 e. The van der Waals surface area contributed by atoms with Gasteiger partial charge in [-0.05, 0) is 42.2 Å². The first kappa shape index (κ1) is 17.2. The molecular formula is C18H21NO3S. The van der Waals surface area contributed by atoms with Gasteiger partial charge in [-0.2, -0.15) is 0 Å². The fourth-order valence-electron chi connectivity index (χ4n) is 2.04. The Kier molecular flexibility index (Phi) is 6.81. The minimum Gasteiger partial charge on any atom is -0.497 e. The van der Waals surface area contributed by atoms with Crippen LogP contribution in [0.4, 0.5) is 0 Å². The second kappa shape index (κ2) is 9.10. The van der Waals surface area contributed by atoms with Crippen LogP contribution in [0.15, 0.2) is 53.4 Å². The lowest BCUT2D eigenvalue weighted by atomic mass is 10.2. The van der Waals surface area contributed by atoms with E-state index < -0.39 is 0 Å². The molecule has 0 radical (unpaired) electrons. The zero-order valence-electron chi connectivity index (χ0n) is 13.4. The number of benzene rings is 2. The van der Waals surface area contributed by atoms with E-state index in [0.717, 1.165) is 22.1 Å². The molecule has 0 saturated heterocycles. The molecule has 122 valence electrons. The molecule has 2 aromatic carbocycles. The Hall–Kier alpha value is -2.14. The highest BCUT2D eigenvalue weighted by Crippen LogP contribution is 2.22. The van der Waals surface area contributed by atoms with Gasteiger partial charge in [-0.1, -0.05) is 19.1 Å². The van der Waals surface area contributed by atoms with Crippen molar-refractivity contribution in [3.63, 3.8) is 0 Å². The Labute approximate surface area is 141 Å². The van der Waals surface area contributed by atoms with Crippen LogP contribution in [0.5, 0.6) is 11.5 Å². The average Bonchev–Trinajstić information content (AvgIpc) is 2.60. The summed E-state index contributed by atoms with van der Waals surface area (Å²) < 4.78 is 10.7. The Morgan fingerprint density at radius 3 is 2.48 bits per heavy atom. The van der Waals surface area contributed by atoms with Gasteiger partial charge in [0.05, 0.1) is 19.2 Å². The zero-order valence-corrected chi connectivity index (χ0v) is 14.2.